The van der Waals surface area contributed by atoms with Gasteiger partial charge in [0.2, 0.25) is 0 Å². The molecule has 3 atom stereocenters. The zero-order valence-corrected chi connectivity index (χ0v) is 13.1. The number of aliphatic hydroxyl groups is 3. The number of hydrogen-bond donors (Lipinski definition) is 3. The average molecular weight is 289 g/mol. The molecule has 0 saturated carbocycles. The van der Waals surface area contributed by atoms with E-state index in [9.17, 15) is 15.3 Å². The van der Waals surface area contributed by atoms with Gasteiger partial charge < -0.3 is 15.3 Å². The smallest absolute Gasteiger partial charge is 0.0639 e. The Hall–Kier alpha value is -0.240. The summed E-state index contributed by atoms with van der Waals surface area (Å²) < 4.78 is 0. The molecule has 120 valence electrons. The van der Waals surface area contributed by atoms with E-state index in [0.717, 1.165) is 39.4 Å². The van der Waals surface area contributed by atoms with Crippen LogP contribution in [0.4, 0.5) is 0 Å². The van der Waals surface area contributed by atoms with Crippen molar-refractivity contribution >= 4 is 0 Å². The predicted octanol–water partition coefficient (Wildman–Crippen LogP) is -0.994. The number of hydrogen-bond acceptors (Lipinski definition) is 6. The maximum absolute atomic E-state index is 9.53. The van der Waals surface area contributed by atoms with Gasteiger partial charge in [-0.15, -0.1) is 0 Å². The van der Waals surface area contributed by atoms with Crippen LogP contribution in [0, 0.1) is 0 Å². The van der Waals surface area contributed by atoms with Crippen molar-refractivity contribution in [3.63, 3.8) is 0 Å². The monoisotopic (exact) mass is 289 g/mol. The van der Waals surface area contributed by atoms with Gasteiger partial charge in [-0.25, -0.2) is 0 Å². The quantitative estimate of drug-likeness (QED) is 0.533. The first-order valence-electron chi connectivity index (χ1n) is 7.58. The molecule has 3 N–H and O–H groups in total. The Kier molecular flexibility index (Phi) is 7.94. The number of piperazine rings is 1. The topological polar surface area (TPSA) is 70.4 Å². The van der Waals surface area contributed by atoms with Gasteiger partial charge in [0.15, 0.2) is 0 Å². The molecule has 1 aliphatic heterocycles. The molecule has 20 heavy (non-hydrogen) atoms. The first kappa shape index (κ1) is 17.8. The molecule has 1 heterocycles. The molecule has 1 saturated heterocycles. The van der Waals surface area contributed by atoms with Gasteiger partial charge in [0.1, 0.15) is 0 Å². The van der Waals surface area contributed by atoms with Crippen LogP contribution in [0.1, 0.15) is 20.8 Å². The van der Waals surface area contributed by atoms with Gasteiger partial charge in [-0.05, 0) is 20.8 Å². The summed E-state index contributed by atoms with van der Waals surface area (Å²) in [6, 6.07) is 0. The van der Waals surface area contributed by atoms with E-state index in [4.69, 9.17) is 0 Å². The second-order valence-corrected chi connectivity index (χ2v) is 6.14. The lowest BCUT2D eigenvalue weighted by Gasteiger charge is -2.38. The molecular weight excluding hydrogens is 258 g/mol. The van der Waals surface area contributed by atoms with Gasteiger partial charge in [-0.2, -0.15) is 0 Å². The summed E-state index contributed by atoms with van der Waals surface area (Å²) in [4.78, 5) is 6.71. The fourth-order valence-corrected chi connectivity index (χ4v) is 2.71. The van der Waals surface area contributed by atoms with E-state index in [-0.39, 0.29) is 18.3 Å². The van der Waals surface area contributed by atoms with Crippen LogP contribution < -0.4 is 0 Å². The van der Waals surface area contributed by atoms with Crippen molar-refractivity contribution in [2.45, 2.75) is 39.1 Å². The van der Waals surface area contributed by atoms with Crippen LogP contribution >= 0.6 is 0 Å². The third-order valence-electron chi connectivity index (χ3n) is 3.43. The van der Waals surface area contributed by atoms with Gasteiger partial charge in [0, 0.05) is 45.8 Å². The Morgan fingerprint density at radius 1 is 0.800 bits per heavy atom. The second kappa shape index (κ2) is 8.92. The Bertz CT molecular complexity index is 244. The van der Waals surface area contributed by atoms with E-state index in [1.54, 1.807) is 13.8 Å². The highest BCUT2D eigenvalue weighted by molar-refractivity contribution is 4.74. The first-order chi connectivity index (χ1) is 9.36. The summed E-state index contributed by atoms with van der Waals surface area (Å²) in [6.07, 6.45) is -1.04. The van der Waals surface area contributed by atoms with E-state index in [2.05, 4.69) is 14.7 Å². The van der Waals surface area contributed by atoms with E-state index in [1.165, 1.54) is 0 Å². The van der Waals surface area contributed by atoms with Crippen molar-refractivity contribution < 1.29 is 15.3 Å². The number of β-amino-alcohol motifs (C(OH)–C–C–N with tert-alkyl or cyclic N) is 1. The molecule has 0 aromatic heterocycles. The zero-order chi connectivity index (χ0) is 15.1. The van der Waals surface area contributed by atoms with Crippen molar-refractivity contribution in [2.24, 2.45) is 0 Å². The van der Waals surface area contributed by atoms with Crippen molar-refractivity contribution in [3.8, 4) is 0 Å². The van der Waals surface area contributed by atoms with Gasteiger partial charge in [-0.3, -0.25) is 14.7 Å². The van der Waals surface area contributed by atoms with Crippen LogP contribution in [0.2, 0.25) is 0 Å². The minimum atomic E-state index is -0.384. The highest BCUT2D eigenvalue weighted by atomic mass is 16.3. The molecule has 1 rings (SSSR count). The van der Waals surface area contributed by atoms with E-state index >= 15 is 0 Å². The molecule has 0 unspecified atom stereocenters. The lowest BCUT2D eigenvalue weighted by atomic mass is 10.2. The highest BCUT2D eigenvalue weighted by Crippen LogP contribution is 2.05. The zero-order valence-electron chi connectivity index (χ0n) is 13.1. The molecular formula is C14H31N3O3. The number of rotatable bonds is 8. The Balaban J connectivity index is 2.34. The Morgan fingerprint density at radius 2 is 1.25 bits per heavy atom. The second-order valence-electron chi connectivity index (χ2n) is 6.14. The maximum atomic E-state index is 9.53. The Labute approximate surface area is 122 Å². The normalized spacial score (nSPS) is 22.9. The van der Waals surface area contributed by atoms with Gasteiger partial charge in [-0.1, -0.05) is 0 Å². The predicted molar refractivity (Wildman–Crippen MR) is 79.5 cm³/mol. The van der Waals surface area contributed by atoms with Crippen molar-refractivity contribution in [1.29, 1.82) is 0 Å². The van der Waals surface area contributed by atoms with Crippen LogP contribution in [0.5, 0.6) is 0 Å². The van der Waals surface area contributed by atoms with Crippen molar-refractivity contribution in [2.75, 3.05) is 52.5 Å². The molecule has 0 aromatic rings. The third kappa shape index (κ3) is 7.52. The minimum Gasteiger partial charge on any atom is -0.392 e. The van der Waals surface area contributed by atoms with Crippen molar-refractivity contribution in [1.82, 2.24) is 14.7 Å². The largest absolute Gasteiger partial charge is 0.392 e. The molecule has 6 nitrogen and oxygen atoms in total. The fraction of sp³-hybridized carbons (Fsp3) is 1.00. The van der Waals surface area contributed by atoms with Gasteiger partial charge in [0.25, 0.3) is 0 Å². The minimum absolute atomic E-state index is 0.275. The SMILES string of the molecule is C[C@@H](O)CN1CCN(CN(C[C@@H](C)O)C[C@@H](C)O)CC1. The van der Waals surface area contributed by atoms with Gasteiger partial charge in [0.05, 0.1) is 25.0 Å². The van der Waals surface area contributed by atoms with Gasteiger partial charge >= 0.3 is 0 Å². The molecule has 6 heteroatoms. The molecule has 0 radical (unpaired) electrons. The first-order valence-corrected chi connectivity index (χ1v) is 7.58. The van der Waals surface area contributed by atoms with Crippen molar-refractivity contribution in [3.05, 3.63) is 0 Å². The molecule has 0 aromatic carbocycles. The molecule has 1 aliphatic rings. The molecule has 0 bridgehead atoms. The van der Waals surface area contributed by atoms with E-state index < -0.39 is 0 Å². The molecule has 0 spiro atoms. The van der Waals surface area contributed by atoms with Crippen LogP contribution in [0.25, 0.3) is 0 Å². The maximum Gasteiger partial charge on any atom is 0.0639 e. The lowest BCUT2D eigenvalue weighted by Crippen LogP contribution is -2.52. The molecule has 1 fully saturated rings. The van der Waals surface area contributed by atoms with Crippen LogP contribution in [0.3, 0.4) is 0 Å². The van der Waals surface area contributed by atoms with E-state index in [1.807, 2.05) is 6.92 Å². The summed E-state index contributed by atoms with van der Waals surface area (Å²) in [6.45, 7) is 11.9. The summed E-state index contributed by atoms with van der Waals surface area (Å²) in [5, 5.41) is 28.5. The van der Waals surface area contributed by atoms with Crippen LogP contribution in [-0.4, -0.2) is 101 Å². The summed E-state index contributed by atoms with van der Waals surface area (Å²) in [5.74, 6) is 0. The molecule has 0 amide bonds. The average Bonchev–Trinajstić information content (AvgIpc) is 2.29. The number of aliphatic hydroxyl groups excluding tert-OH is 3. The third-order valence-corrected chi connectivity index (χ3v) is 3.43. The summed E-state index contributed by atoms with van der Waals surface area (Å²) >= 11 is 0. The summed E-state index contributed by atoms with van der Waals surface area (Å²) in [5.41, 5.74) is 0. The number of nitrogens with zero attached hydrogens (tertiary/aromatic N) is 3. The standard InChI is InChI=1S/C14H31N3O3/c1-12(18)8-15-4-6-16(7-5-15)11-17(9-13(2)19)10-14(3)20/h12-14,18-20H,4-11H2,1-3H3/t12-,13-,14-/m1/s1. The fourth-order valence-electron chi connectivity index (χ4n) is 2.71. The summed E-state index contributed by atoms with van der Waals surface area (Å²) in [7, 11) is 0. The lowest BCUT2D eigenvalue weighted by molar-refractivity contribution is 0.0187. The van der Waals surface area contributed by atoms with Crippen LogP contribution in [0.15, 0.2) is 0 Å². The highest BCUT2D eigenvalue weighted by Gasteiger charge is 2.20. The Morgan fingerprint density at radius 3 is 1.65 bits per heavy atom. The van der Waals surface area contributed by atoms with E-state index in [0.29, 0.717) is 13.1 Å². The van der Waals surface area contributed by atoms with Crippen LogP contribution in [-0.2, 0) is 0 Å². The molecule has 0 aliphatic carbocycles.